The first-order valence-corrected chi connectivity index (χ1v) is 12.7. The largest absolute Gasteiger partial charge is 0.497 e. The van der Waals surface area contributed by atoms with Crippen LogP contribution in [0.1, 0.15) is 5.56 Å². The Morgan fingerprint density at radius 3 is 2.17 bits per heavy atom. The van der Waals surface area contributed by atoms with Gasteiger partial charge in [-0.25, -0.2) is 9.52 Å². The van der Waals surface area contributed by atoms with Gasteiger partial charge in [0, 0.05) is 26.2 Å². The molecule has 190 valence electrons. The summed E-state index contributed by atoms with van der Waals surface area (Å²) in [6, 6.07) is 20.1. The lowest BCUT2D eigenvalue weighted by atomic mass is 10.0. The van der Waals surface area contributed by atoms with Crippen molar-refractivity contribution in [2.24, 2.45) is 0 Å². The minimum absolute atomic E-state index is 0.147. The lowest BCUT2D eigenvalue weighted by molar-refractivity contribution is -0.120. The van der Waals surface area contributed by atoms with Gasteiger partial charge >= 0.3 is 16.2 Å². The topological polar surface area (TPSA) is 108 Å². The van der Waals surface area contributed by atoms with E-state index in [0.29, 0.717) is 11.4 Å². The van der Waals surface area contributed by atoms with Crippen LogP contribution < -0.4 is 24.0 Å². The van der Waals surface area contributed by atoms with E-state index in [2.05, 4.69) is 5.32 Å². The van der Waals surface area contributed by atoms with Crippen molar-refractivity contribution in [2.45, 2.75) is 12.5 Å². The van der Waals surface area contributed by atoms with E-state index in [0.717, 1.165) is 9.87 Å². The van der Waals surface area contributed by atoms with Crippen LogP contribution in [0.15, 0.2) is 78.9 Å². The molecule has 3 aromatic carbocycles. The molecular formula is C25H27ClN4O5S. The fourth-order valence-corrected chi connectivity index (χ4v) is 4.59. The number of amides is 3. The van der Waals surface area contributed by atoms with E-state index >= 15 is 0 Å². The van der Waals surface area contributed by atoms with Crippen molar-refractivity contribution in [3.05, 3.63) is 89.4 Å². The molecule has 0 aliphatic carbocycles. The first-order chi connectivity index (χ1) is 17.1. The highest BCUT2D eigenvalue weighted by Gasteiger charge is 2.28. The molecule has 0 aromatic heterocycles. The number of hydrogen-bond donors (Lipinski definition) is 2. The second kappa shape index (κ2) is 11.8. The van der Waals surface area contributed by atoms with Gasteiger partial charge in [0.1, 0.15) is 11.8 Å². The maximum Gasteiger partial charge on any atom is 0.330 e. The van der Waals surface area contributed by atoms with Gasteiger partial charge in [-0.3, -0.25) is 9.10 Å². The molecule has 0 bridgehead atoms. The minimum atomic E-state index is -4.31. The van der Waals surface area contributed by atoms with Crippen molar-refractivity contribution >= 4 is 45.1 Å². The number of benzene rings is 3. The monoisotopic (exact) mass is 530 g/mol. The maximum atomic E-state index is 13.4. The van der Waals surface area contributed by atoms with Crippen LogP contribution in [0.4, 0.5) is 16.2 Å². The Labute approximate surface area is 215 Å². The molecule has 36 heavy (non-hydrogen) atoms. The number of carbonyl (C=O) groups excluding carboxylic acids is 2. The predicted molar refractivity (Wildman–Crippen MR) is 141 cm³/mol. The third-order valence-electron chi connectivity index (χ3n) is 5.45. The Morgan fingerprint density at radius 2 is 1.56 bits per heavy atom. The van der Waals surface area contributed by atoms with Crippen LogP contribution in [0.3, 0.4) is 0 Å². The smallest absolute Gasteiger partial charge is 0.330 e. The fraction of sp³-hybridized carbons (Fsp3) is 0.200. The summed E-state index contributed by atoms with van der Waals surface area (Å²) in [5.74, 6) is 0.196. The molecule has 0 aliphatic heterocycles. The van der Waals surface area contributed by atoms with E-state index in [1.54, 1.807) is 50.6 Å². The van der Waals surface area contributed by atoms with Crippen LogP contribution in [0.5, 0.6) is 5.75 Å². The molecule has 0 aliphatic rings. The van der Waals surface area contributed by atoms with Gasteiger partial charge in [0.25, 0.3) is 0 Å². The Hall–Kier alpha value is -3.76. The van der Waals surface area contributed by atoms with Crippen LogP contribution >= 0.6 is 11.6 Å². The van der Waals surface area contributed by atoms with Crippen molar-refractivity contribution in [1.29, 1.82) is 0 Å². The molecule has 0 saturated heterocycles. The van der Waals surface area contributed by atoms with E-state index in [1.165, 1.54) is 24.1 Å². The predicted octanol–water partition coefficient (Wildman–Crippen LogP) is 3.60. The van der Waals surface area contributed by atoms with Crippen LogP contribution in [0, 0.1) is 0 Å². The molecule has 0 unspecified atom stereocenters. The Bertz CT molecular complexity index is 1300. The van der Waals surface area contributed by atoms with Crippen LogP contribution in [0.2, 0.25) is 5.02 Å². The van der Waals surface area contributed by atoms with Gasteiger partial charge < -0.3 is 15.0 Å². The molecule has 11 heteroatoms. The summed E-state index contributed by atoms with van der Waals surface area (Å²) in [4.78, 5) is 27.5. The SMILES string of the molecule is COc1ccc(N(C)C(=O)[C@H](Cc2ccccc2)NC(=O)NS(=O)(=O)N(C)c2ccccc2Cl)cc1. The van der Waals surface area contributed by atoms with Crippen molar-refractivity contribution in [2.75, 3.05) is 30.4 Å². The first-order valence-electron chi connectivity index (χ1n) is 10.9. The average molecular weight is 531 g/mol. The van der Waals surface area contributed by atoms with Crippen LogP contribution in [-0.2, 0) is 21.4 Å². The van der Waals surface area contributed by atoms with Crippen molar-refractivity contribution < 1.29 is 22.7 Å². The zero-order valence-electron chi connectivity index (χ0n) is 20.0. The molecule has 0 radical (unpaired) electrons. The lowest BCUT2D eigenvalue weighted by Gasteiger charge is -2.26. The lowest BCUT2D eigenvalue weighted by Crippen LogP contribution is -2.54. The summed E-state index contributed by atoms with van der Waals surface area (Å²) in [6.45, 7) is 0. The summed E-state index contributed by atoms with van der Waals surface area (Å²) in [7, 11) is 0.0677. The quantitative estimate of drug-likeness (QED) is 0.439. The number of para-hydroxylation sites is 1. The molecule has 3 aromatic rings. The molecule has 0 spiro atoms. The molecule has 2 N–H and O–H groups in total. The highest BCUT2D eigenvalue weighted by Crippen LogP contribution is 2.25. The molecule has 1 atom stereocenters. The van der Waals surface area contributed by atoms with Gasteiger partial charge in [-0.15, -0.1) is 0 Å². The van der Waals surface area contributed by atoms with Gasteiger partial charge in [0.15, 0.2) is 0 Å². The minimum Gasteiger partial charge on any atom is -0.497 e. The van der Waals surface area contributed by atoms with Crippen LogP contribution in [0.25, 0.3) is 0 Å². The number of ether oxygens (including phenoxy) is 1. The molecule has 0 saturated carbocycles. The van der Waals surface area contributed by atoms with Gasteiger partial charge in [-0.2, -0.15) is 8.42 Å². The number of halogens is 1. The number of urea groups is 1. The molecule has 3 rings (SSSR count). The Kier molecular flexibility index (Phi) is 8.78. The molecule has 0 fully saturated rings. The number of hydrogen-bond acceptors (Lipinski definition) is 5. The molecule has 3 amide bonds. The molecule has 9 nitrogen and oxygen atoms in total. The van der Waals surface area contributed by atoms with Crippen molar-refractivity contribution in [3.63, 3.8) is 0 Å². The number of nitrogens with one attached hydrogen (secondary N) is 2. The maximum absolute atomic E-state index is 13.4. The summed E-state index contributed by atoms with van der Waals surface area (Å²) in [6.07, 6.45) is 0.147. The number of methoxy groups -OCH3 is 1. The van der Waals surface area contributed by atoms with Gasteiger partial charge in [0.05, 0.1) is 17.8 Å². The van der Waals surface area contributed by atoms with E-state index in [-0.39, 0.29) is 17.1 Å². The third kappa shape index (κ3) is 6.67. The summed E-state index contributed by atoms with van der Waals surface area (Å²) in [5.41, 5.74) is 1.55. The van der Waals surface area contributed by atoms with Crippen molar-refractivity contribution in [3.8, 4) is 5.75 Å². The number of nitrogens with zero attached hydrogens (tertiary/aromatic N) is 2. The fourth-order valence-electron chi connectivity index (χ4n) is 3.43. The molecular weight excluding hydrogens is 504 g/mol. The van der Waals surface area contributed by atoms with Crippen molar-refractivity contribution in [1.82, 2.24) is 10.0 Å². The molecule has 0 heterocycles. The van der Waals surface area contributed by atoms with E-state index in [9.17, 15) is 18.0 Å². The third-order valence-corrected chi connectivity index (χ3v) is 7.13. The Balaban J connectivity index is 1.79. The highest BCUT2D eigenvalue weighted by molar-refractivity contribution is 7.91. The Morgan fingerprint density at radius 1 is 0.944 bits per heavy atom. The summed E-state index contributed by atoms with van der Waals surface area (Å²) in [5, 5.41) is 2.71. The standard InChI is InChI=1S/C25H27ClN4O5S/c1-29(19-13-15-20(35-3)16-14-19)24(31)22(17-18-9-5-4-6-10-18)27-25(32)28-36(33,34)30(2)23-12-8-7-11-21(23)26/h4-16,22H,17H2,1-3H3,(H2,27,28,32)/t22-/m0/s1. The van der Waals surface area contributed by atoms with Gasteiger partial charge in [-0.05, 0) is 42.0 Å². The second-order valence-electron chi connectivity index (χ2n) is 7.84. The number of carbonyl (C=O) groups is 2. The van der Waals surface area contributed by atoms with E-state index in [1.807, 2.05) is 35.1 Å². The summed E-state index contributed by atoms with van der Waals surface area (Å²) < 4.78 is 33.6. The van der Waals surface area contributed by atoms with E-state index < -0.39 is 28.2 Å². The van der Waals surface area contributed by atoms with Gasteiger partial charge in [-0.1, -0.05) is 54.1 Å². The summed E-state index contributed by atoms with van der Waals surface area (Å²) >= 11 is 6.10. The zero-order chi connectivity index (χ0) is 26.3. The highest BCUT2D eigenvalue weighted by atomic mass is 35.5. The zero-order valence-corrected chi connectivity index (χ0v) is 21.6. The van der Waals surface area contributed by atoms with Gasteiger partial charge in [0.2, 0.25) is 5.91 Å². The average Bonchev–Trinajstić information content (AvgIpc) is 2.87. The number of anilines is 2. The second-order valence-corrected chi connectivity index (χ2v) is 9.95. The number of likely N-dealkylation sites (N-methyl/N-ethyl adjacent to an activating group) is 1. The number of rotatable bonds is 9. The normalized spacial score (nSPS) is 11.8. The first kappa shape index (κ1) is 26.8. The van der Waals surface area contributed by atoms with Crippen LogP contribution in [-0.4, -0.2) is 47.6 Å². The van der Waals surface area contributed by atoms with E-state index in [4.69, 9.17) is 16.3 Å².